The molecule has 0 radical (unpaired) electrons. The van der Waals surface area contributed by atoms with Gasteiger partial charge in [-0.25, -0.2) is 0 Å². The molecular formula is C13H25NO2S. The summed E-state index contributed by atoms with van der Waals surface area (Å²) in [5, 5.41) is 9.61. The molecule has 1 saturated carbocycles. The number of hydrogen-bond acceptors (Lipinski definition) is 3. The summed E-state index contributed by atoms with van der Waals surface area (Å²) in [4.78, 5) is 11.0. The molecule has 3 atom stereocenters. The third-order valence-electron chi connectivity index (χ3n) is 3.83. The van der Waals surface area contributed by atoms with Gasteiger partial charge in [0.2, 0.25) is 0 Å². The van der Waals surface area contributed by atoms with Crippen molar-refractivity contribution in [1.82, 2.24) is 0 Å². The van der Waals surface area contributed by atoms with Gasteiger partial charge in [-0.2, -0.15) is 0 Å². The molecule has 2 unspecified atom stereocenters. The van der Waals surface area contributed by atoms with Gasteiger partial charge in [-0.3, -0.25) is 4.79 Å². The fraction of sp³-hybridized carbons (Fsp3) is 0.923. The van der Waals surface area contributed by atoms with Gasteiger partial charge in [0.05, 0.1) is 0 Å². The molecule has 3 nitrogen and oxygen atoms in total. The Kier molecular flexibility index (Phi) is 5.32. The summed E-state index contributed by atoms with van der Waals surface area (Å²) in [6.45, 7) is 6.14. The topological polar surface area (TPSA) is 63.3 Å². The van der Waals surface area contributed by atoms with Crippen LogP contribution in [0.4, 0.5) is 0 Å². The SMILES string of the molecule is CCC1CCCCC1SC(C)(C)[C@H](N)C(=O)O. The monoisotopic (exact) mass is 259 g/mol. The minimum Gasteiger partial charge on any atom is -0.480 e. The van der Waals surface area contributed by atoms with E-state index < -0.39 is 12.0 Å². The second-order valence-corrected chi connectivity index (χ2v) is 7.42. The normalized spacial score (nSPS) is 27.8. The predicted molar refractivity (Wildman–Crippen MR) is 73.3 cm³/mol. The van der Waals surface area contributed by atoms with E-state index in [1.54, 1.807) is 11.8 Å². The molecule has 0 aromatic rings. The van der Waals surface area contributed by atoms with Gasteiger partial charge in [-0.15, -0.1) is 11.8 Å². The molecule has 100 valence electrons. The first kappa shape index (κ1) is 14.8. The van der Waals surface area contributed by atoms with Crippen LogP contribution < -0.4 is 5.73 Å². The molecule has 0 saturated heterocycles. The molecule has 0 amide bonds. The van der Waals surface area contributed by atoms with E-state index in [1.165, 1.54) is 32.1 Å². The lowest BCUT2D eigenvalue weighted by atomic mass is 9.87. The molecule has 0 aliphatic heterocycles. The second-order valence-electron chi connectivity index (χ2n) is 5.53. The quantitative estimate of drug-likeness (QED) is 0.797. The number of hydrogen-bond donors (Lipinski definition) is 2. The van der Waals surface area contributed by atoms with Crippen LogP contribution in [0.3, 0.4) is 0 Å². The maximum atomic E-state index is 11.0. The first-order chi connectivity index (χ1) is 7.88. The molecule has 3 N–H and O–H groups in total. The van der Waals surface area contributed by atoms with E-state index in [2.05, 4.69) is 6.92 Å². The smallest absolute Gasteiger partial charge is 0.321 e. The highest BCUT2D eigenvalue weighted by Crippen LogP contribution is 2.42. The van der Waals surface area contributed by atoms with Crippen molar-refractivity contribution < 1.29 is 9.90 Å². The highest BCUT2D eigenvalue weighted by atomic mass is 32.2. The maximum absolute atomic E-state index is 11.0. The molecule has 1 aliphatic rings. The Morgan fingerprint density at radius 1 is 1.47 bits per heavy atom. The van der Waals surface area contributed by atoms with Crippen molar-refractivity contribution in [1.29, 1.82) is 0 Å². The highest BCUT2D eigenvalue weighted by molar-refractivity contribution is 8.01. The van der Waals surface area contributed by atoms with E-state index in [4.69, 9.17) is 10.8 Å². The lowest BCUT2D eigenvalue weighted by Crippen LogP contribution is -2.48. The van der Waals surface area contributed by atoms with Gasteiger partial charge in [0, 0.05) is 10.00 Å². The first-order valence-electron chi connectivity index (χ1n) is 6.54. The van der Waals surface area contributed by atoms with Crippen LogP contribution in [0, 0.1) is 5.92 Å². The van der Waals surface area contributed by atoms with Crippen molar-refractivity contribution in [3.05, 3.63) is 0 Å². The van der Waals surface area contributed by atoms with Crippen LogP contribution in [-0.2, 0) is 4.79 Å². The maximum Gasteiger partial charge on any atom is 0.321 e. The third-order valence-corrected chi connectivity index (χ3v) is 5.62. The van der Waals surface area contributed by atoms with Gasteiger partial charge in [0.25, 0.3) is 0 Å². The Morgan fingerprint density at radius 2 is 2.06 bits per heavy atom. The summed E-state index contributed by atoms with van der Waals surface area (Å²) >= 11 is 1.79. The van der Waals surface area contributed by atoms with E-state index in [0.29, 0.717) is 5.25 Å². The van der Waals surface area contributed by atoms with Gasteiger partial charge in [0.15, 0.2) is 0 Å². The zero-order valence-electron chi connectivity index (χ0n) is 11.1. The molecule has 1 rings (SSSR count). The fourth-order valence-electron chi connectivity index (χ4n) is 2.56. The van der Waals surface area contributed by atoms with E-state index in [0.717, 1.165) is 5.92 Å². The molecule has 0 bridgehead atoms. The highest BCUT2D eigenvalue weighted by Gasteiger charge is 2.37. The first-order valence-corrected chi connectivity index (χ1v) is 7.42. The lowest BCUT2D eigenvalue weighted by Gasteiger charge is -2.38. The van der Waals surface area contributed by atoms with Crippen LogP contribution in [0.5, 0.6) is 0 Å². The molecule has 1 aliphatic carbocycles. The number of thioether (sulfide) groups is 1. The van der Waals surface area contributed by atoms with Gasteiger partial charge >= 0.3 is 5.97 Å². The second kappa shape index (κ2) is 6.10. The molecule has 17 heavy (non-hydrogen) atoms. The van der Waals surface area contributed by atoms with Gasteiger partial charge < -0.3 is 10.8 Å². The van der Waals surface area contributed by atoms with E-state index >= 15 is 0 Å². The number of carboxylic acid groups (broad SMARTS) is 1. The molecule has 4 heteroatoms. The Hall–Kier alpha value is -0.220. The summed E-state index contributed by atoms with van der Waals surface area (Å²) in [7, 11) is 0. The Bertz CT molecular complexity index is 268. The minimum absolute atomic E-state index is 0.388. The van der Waals surface area contributed by atoms with Crippen molar-refractivity contribution in [2.75, 3.05) is 0 Å². The number of rotatable bonds is 5. The summed E-state index contributed by atoms with van der Waals surface area (Å²) in [5.41, 5.74) is 5.78. The van der Waals surface area contributed by atoms with Crippen molar-refractivity contribution in [3.63, 3.8) is 0 Å². The van der Waals surface area contributed by atoms with Crippen molar-refractivity contribution in [2.45, 2.75) is 68.9 Å². The van der Waals surface area contributed by atoms with Crippen molar-refractivity contribution >= 4 is 17.7 Å². The van der Waals surface area contributed by atoms with Crippen LogP contribution in [-0.4, -0.2) is 27.1 Å². The van der Waals surface area contributed by atoms with Crippen LogP contribution in [0.25, 0.3) is 0 Å². The van der Waals surface area contributed by atoms with Crippen LogP contribution in [0.1, 0.15) is 52.9 Å². The number of carboxylic acids is 1. The van der Waals surface area contributed by atoms with Gasteiger partial charge in [-0.1, -0.05) is 26.2 Å². The van der Waals surface area contributed by atoms with Crippen LogP contribution >= 0.6 is 11.8 Å². The third kappa shape index (κ3) is 3.88. The van der Waals surface area contributed by atoms with Gasteiger partial charge in [-0.05, 0) is 32.6 Å². The minimum atomic E-state index is -0.897. The summed E-state index contributed by atoms with van der Waals surface area (Å²) in [6.07, 6.45) is 6.27. The largest absolute Gasteiger partial charge is 0.480 e. The van der Waals surface area contributed by atoms with Crippen LogP contribution in [0.2, 0.25) is 0 Å². The molecule has 0 heterocycles. The summed E-state index contributed by atoms with van der Waals surface area (Å²) in [6, 6.07) is -0.785. The Balaban J connectivity index is 2.64. The number of nitrogens with two attached hydrogens (primary N) is 1. The molecule has 1 fully saturated rings. The standard InChI is InChI=1S/C13H25NO2S/c1-4-9-7-5-6-8-10(9)17-13(2,3)11(14)12(15)16/h9-11H,4-8,14H2,1-3H3,(H,15,16)/t9?,10?,11-/m1/s1. The Morgan fingerprint density at radius 3 is 2.59 bits per heavy atom. The van der Waals surface area contributed by atoms with Crippen molar-refractivity contribution in [2.24, 2.45) is 11.7 Å². The molecule has 0 aromatic heterocycles. The van der Waals surface area contributed by atoms with E-state index in [9.17, 15) is 4.79 Å². The van der Waals surface area contributed by atoms with E-state index in [1.807, 2.05) is 13.8 Å². The van der Waals surface area contributed by atoms with Crippen molar-refractivity contribution in [3.8, 4) is 0 Å². The summed E-state index contributed by atoms with van der Waals surface area (Å²) in [5.74, 6) is -0.166. The molecular weight excluding hydrogens is 234 g/mol. The van der Waals surface area contributed by atoms with Crippen LogP contribution in [0.15, 0.2) is 0 Å². The lowest BCUT2D eigenvalue weighted by molar-refractivity contribution is -0.139. The van der Waals surface area contributed by atoms with Gasteiger partial charge in [0.1, 0.15) is 6.04 Å². The zero-order valence-corrected chi connectivity index (χ0v) is 11.9. The Labute approximate surface area is 109 Å². The summed E-state index contributed by atoms with van der Waals surface area (Å²) < 4.78 is -0.388. The van der Waals surface area contributed by atoms with E-state index in [-0.39, 0.29) is 4.75 Å². The number of aliphatic carboxylic acids is 1. The average Bonchev–Trinajstić information content (AvgIpc) is 2.28. The molecule has 0 aromatic carbocycles. The zero-order chi connectivity index (χ0) is 13.1. The fourth-order valence-corrected chi connectivity index (χ4v) is 4.39. The average molecular weight is 259 g/mol. The molecule has 0 spiro atoms. The number of carbonyl (C=O) groups is 1. The predicted octanol–water partition coefficient (Wildman–Crippen LogP) is 2.88.